The second-order valence-electron chi connectivity index (χ2n) is 24.5. The fraction of sp³-hybridized carbons (Fsp3) is 0.182. The van der Waals surface area contributed by atoms with Gasteiger partial charge >= 0.3 is 29.6 Å². The maximum atomic E-state index is 9.22. The molecule has 4 aromatic carbocycles. The van der Waals surface area contributed by atoms with Gasteiger partial charge in [0.15, 0.2) is 0 Å². The van der Waals surface area contributed by atoms with Crippen LogP contribution in [0.5, 0.6) is 46.0 Å². The smallest absolute Gasteiger partial charge is 0.870 e. The number of pyridine rings is 8. The molecule has 0 fully saturated rings. The first-order valence-corrected chi connectivity index (χ1v) is 38.2. The number of nitrogen functional groups attached to an aromatic ring is 1. The molecular formula is C88H98Br4ClN12NaO10. The molecule has 0 saturated heterocycles. The SMILES string of the molecule is Br.BrCc1ccncc1.BrCc1ccncc1.C.Cc1cc(CBr)nc(-n2c(C)ccc2C)c1.Cc1cc(COc2cccc(OCc3ccncc3)c2)nc(-n2c(C)ccc2C)c1.Cc1cc(N)nc(COc2cccc(OCc3ccncc3)c2)c1.Cl.NO.Oc1cccc(O)c1.Oc1cccc(OCc2ccncc2)c1.[Na+].[OH-]. The number of alkyl halides is 3. The zero-order valence-corrected chi connectivity index (χ0v) is 74.4. The van der Waals surface area contributed by atoms with Crippen molar-refractivity contribution in [3.63, 3.8) is 0 Å². The normalized spacial score (nSPS) is 9.62. The van der Waals surface area contributed by atoms with Crippen molar-refractivity contribution in [2.24, 2.45) is 5.90 Å². The Hall–Kier alpha value is -10.1. The molecule has 0 saturated carbocycles. The van der Waals surface area contributed by atoms with Crippen LogP contribution in [0.15, 0.2) is 280 Å². The molecule has 10 aromatic heterocycles. The van der Waals surface area contributed by atoms with Crippen molar-refractivity contribution in [3.05, 3.63) is 365 Å². The molecule has 9 N–H and O–H groups in total. The summed E-state index contributed by atoms with van der Waals surface area (Å²) >= 11 is 10.1. The van der Waals surface area contributed by atoms with E-state index in [0.717, 1.165) is 107 Å². The zero-order valence-electron chi connectivity index (χ0n) is 65.1. The number of hydrogen-bond donors (Lipinski definition) is 6. The summed E-state index contributed by atoms with van der Waals surface area (Å²) in [5.74, 6) is 9.97. The summed E-state index contributed by atoms with van der Waals surface area (Å²) in [7, 11) is 0. The van der Waals surface area contributed by atoms with Crippen molar-refractivity contribution in [1.29, 1.82) is 0 Å². The van der Waals surface area contributed by atoms with Gasteiger partial charge in [0, 0.05) is 125 Å². The second kappa shape index (κ2) is 57.1. The molecule has 0 spiro atoms. The standard InChI is InChI=1S/C25H25N3O2.C19H19N3O2.C13H15BrN2.C12H11NO2.2C6H6BrN.C6H6O2.CH4.BrH.ClH.H3NO.Na.H2O/c1-18-13-22(27-25(14-18)28-19(2)7-8-20(28)3)17-30-24-6-4-5-23(15-24)29-16-21-9-11-26-12-10-21;1-14-9-16(22-19(20)10-14)13-24-18-4-2-3-17(11-18)23-12-15-5-7-21-8-6-15;1-9-6-12(8-14)15-13(7-9)16-10(2)4-5-11(16)3;14-11-2-1-3-12(8-11)15-9-10-4-6-13-7-5-10;2*7-5-6-1-3-8-4-2-6;7-5-2-1-3-6(8)4-5;;;;1-2;;/h4-15H,16-17H2,1-3H3;2-11H,12-13H2,1H3,(H2,20,22);4-7H,8H2,1-3H3;1-8,14H,9H2;2*1-4H,5H2;1-4,7-8H;1H4;2*1H;2H,1H2;;1H2/q;;;;;;;;;;;+1;/p-1. The van der Waals surface area contributed by atoms with Gasteiger partial charge in [-0.2, -0.15) is 0 Å². The number of phenols is 3. The molecule has 0 unspecified atom stereocenters. The van der Waals surface area contributed by atoms with Gasteiger partial charge in [0.2, 0.25) is 0 Å². The van der Waals surface area contributed by atoms with Crippen molar-refractivity contribution in [1.82, 2.24) is 49.0 Å². The van der Waals surface area contributed by atoms with Crippen molar-refractivity contribution < 1.29 is 79.2 Å². The first-order chi connectivity index (χ1) is 53.9. The number of nitrogens with zero attached hydrogens (tertiary/aromatic N) is 10. The third kappa shape index (κ3) is 37.7. The van der Waals surface area contributed by atoms with Gasteiger partial charge < -0.3 is 64.6 Å². The van der Waals surface area contributed by atoms with Crippen molar-refractivity contribution >= 4 is 83.0 Å². The molecular weight excluding hydrogens is 1760 g/mol. The summed E-state index contributed by atoms with van der Waals surface area (Å²) in [5.41, 5.74) is 22.5. The first-order valence-electron chi connectivity index (χ1n) is 34.9. The van der Waals surface area contributed by atoms with Gasteiger partial charge in [0.25, 0.3) is 0 Å². The van der Waals surface area contributed by atoms with Crippen LogP contribution < -0.4 is 64.9 Å². The topological polar surface area (TPSA) is 322 Å². The number of aromatic nitrogens is 10. The van der Waals surface area contributed by atoms with Gasteiger partial charge in [0.1, 0.15) is 96.5 Å². The molecule has 0 radical (unpaired) electrons. The van der Waals surface area contributed by atoms with E-state index < -0.39 is 0 Å². The molecule has 0 amide bonds. The third-order valence-electron chi connectivity index (χ3n) is 15.5. The van der Waals surface area contributed by atoms with Crippen LogP contribution in [0.25, 0.3) is 11.6 Å². The van der Waals surface area contributed by atoms with Gasteiger partial charge in [-0.3, -0.25) is 24.9 Å². The zero-order chi connectivity index (χ0) is 79.5. The fourth-order valence-electron chi connectivity index (χ4n) is 10.3. The molecule has 116 heavy (non-hydrogen) atoms. The molecule has 22 nitrogen and oxygen atoms in total. The van der Waals surface area contributed by atoms with Gasteiger partial charge in [-0.1, -0.05) is 79.5 Å². The molecule has 0 aliphatic heterocycles. The number of aryl methyl sites for hydroxylation is 7. The second-order valence-corrected chi connectivity index (χ2v) is 26.2. The van der Waals surface area contributed by atoms with Crippen LogP contribution in [0.3, 0.4) is 0 Å². The minimum absolute atomic E-state index is 0. The Morgan fingerprint density at radius 2 is 0.595 bits per heavy atom. The van der Waals surface area contributed by atoms with E-state index in [1.165, 1.54) is 46.3 Å². The van der Waals surface area contributed by atoms with Crippen LogP contribution in [-0.2, 0) is 49.0 Å². The molecule has 0 atom stereocenters. The monoisotopic (exact) mass is 1860 g/mol. The summed E-state index contributed by atoms with van der Waals surface area (Å²) in [6.07, 6.45) is 17.6. The number of halogens is 5. The minimum Gasteiger partial charge on any atom is -0.870 e. The van der Waals surface area contributed by atoms with Crippen molar-refractivity contribution in [2.75, 3.05) is 5.73 Å². The summed E-state index contributed by atoms with van der Waals surface area (Å²) in [4.78, 5) is 33.4. The number of hydrogen-bond acceptors (Lipinski definition) is 20. The summed E-state index contributed by atoms with van der Waals surface area (Å²) in [6.45, 7) is 16.8. The first kappa shape index (κ1) is 102. The Balaban J connectivity index is 0.000000478. The maximum Gasteiger partial charge on any atom is 1.00 e. The van der Waals surface area contributed by atoms with Crippen molar-refractivity contribution in [2.45, 2.75) is 105 Å². The number of aromatic hydroxyl groups is 3. The number of anilines is 1. The van der Waals surface area contributed by atoms with E-state index in [1.807, 2.05) is 128 Å². The summed E-state index contributed by atoms with van der Waals surface area (Å²) < 4.78 is 33.3. The number of nitrogens with two attached hydrogens (primary N) is 2. The van der Waals surface area contributed by atoms with Crippen LogP contribution in [0, 0.1) is 48.5 Å². The predicted molar refractivity (Wildman–Crippen MR) is 473 cm³/mol. The molecule has 28 heteroatoms. The van der Waals surface area contributed by atoms with Gasteiger partial charge in [0.05, 0.1) is 17.1 Å². The fourth-order valence-corrected chi connectivity index (χ4v) is 11.3. The minimum atomic E-state index is 0. The van der Waals surface area contributed by atoms with Gasteiger partial charge in [-0.15, -0.1) is 29.4 Å². The summed E-state index contributed by atoms with van der Waals surface area (Å²) in [6, 6.07) is 67.9. The molecule has 606 valence electrons. The average molecular weight is 1860 g/mol. The molecule has 0 bridgehead atoms. The quantitative estimate of drug-likeness (QED) is 0.0234. The summed E-state index contributed by atoms with van der Waals surface area (Å²) in [5, 5.41) is 35.6. The van der Waals surface area contributed by atoms with Crippen LogP contribution >= 0.6 is 77.2 Å². The molecule has 0 aliphatic carbocycles. The van der Waals surface area contributed by atoms with Crippen LogP contribution in [0.1, 0.15) is 91.8 Å². The number of rotatable bonds is 20. The molecule has 14 rings (SSSR count). The van der Waals surface area contributed by atoms with E-state index in [-0.39, 0.29) is 89.1 Å². The Bertz CT molecular complexity index is 4910. The molecule has 14 aromatic rings. The predicted octanol–water partition coefficient (Wildman–Crippen LogP) is 17.8. The third-order valence-corrected chi connectivity index (χ3v) is 17.4. The van der Waals surface area contributed by atoms with E-state index in [9.17, 15) is 5.11 Å². The molecule has 0 aliphatic rings. The van der Waals surface area contributed by atoms with Crippen LogP contribution in [-0.4, -0.2) is 75.0 Å². The van der Waals surface area contributed by atoms with E-state index in [2.05, 4.69) is 188 Å². The Morgan fingerprint density at radius 3 is 0.888 bits per heavy atom. The van der Waals surface area contributed by atoms with Gasteiger partial charge in [-0.05, 0) is 263 Å². The number of phenolic OH excluding ortho intramolecular Hbond substituents is 3. The largest absolute Gasteiger partial charge is 1.00 e. The van der Waals surface area contributed by atoms with Crippen LogP contribution in [0.4, 0.5) is 5.82 Å². The van der Waals surface area contributed by atoms with Gasteiger partial charge in [-0.25, -0.2) is 20.8 Å². The van der Waals surface area contributed by atoms with E-state index >= 15 is 0 Å². The number of benzene rings is 4. The molecule has 10 heterocycles. The average Bonchev–Trinajstić information content (AvgIpc) is 1.63. The maximum absolute atomic E-state index is 9.22. The van der Waals surface area contributed by atoms with E-state index in [0.29, 0.717) is 44.6 Å². The van der Waals surface area contributed by atoms with E-state index in [1.54, 1.807) is 92.3 Å². The Labute approximate surface area is 743 Å². The number of ether oxygens (including phenoxy) is 5. The van der Waals surface area contributed by atoms with Crippen LogP contribution in [0.2, 0.25) is 0 Å². The Morgan fingerprint density at radius 1 is 0.328 bits per heavy atom. The Kier molecular flexibility index (Phi) is 50.2. The van der Waals surface area contributed by atoms with Crippen molar-refractivity contribution in [3.8, 4) is 57.6 Å². The van der Waals surface area contributed by atoms with E-state index in [4.69, 9.17) is 49.8 Å².